The van der Waals surface area contributed by atoms with E-state index < -0.39 is 0 Å². The van der Waals surface area contributed by atoms with Crippen LogP contribution in [0.15, 0.2) is 30.5 Å². The minimum atomic E-state index is 0.0654. The van der Waals surface area contributed by atoms with E-state index in [2.05, 4.69) is 16.5 Å². The van der Waals surface area contributed by atoms with Crippen LogP contribution in [0.5, 0.6) is 0 Å². The second kappa shape index (κ2) is 3.85. The zero-order valence-corrected chi connectivity index (χ0v) is 8.86. The van der Waals surface area contributed by atoms with Crippen molar-refractivity contribution in [3.63, 3.8) is 0 Å². The second-order valence-corrected chi connectivity index (χ2v) is 3.85. The highest BCUT2D eigenvalue weighted by Gasteiger charge is 2.20. The molecule has 1 aliphatic rings. The Morgan fingerprint density at radius 3 is 3.00 bits per heavy atom. The zero-order valence-electron chi connectivity index (χ0n) is 8.86. The topological polar surface area (TPSA) is 33.2 Å². The average molecular weight is 202 g/mol. The lowest BCUT2D eigenvalue weighted by molar-refractivity contribution is 0.101. The van der Waals surface area contributed by atoms with E-state index in [9.17, 15) is 4.79 Å². The molecule has 0 saturated carbocycles. The molecule has 78 valence electrons. The molecule has 3 heteroatoms. The number of Topliss-reactive ketones (excluding diaryl/α,β-unsaturated/α-hetero) is 1. The quantitative estimate of drug-likeness (QED) is 0.543. The number of hydrogen-bond donors (Lipinski definition) is 0. The minimum Gasteiger partial charge on any atom is -0.352 e. The molecule has 0 bridgehead atoms. The van der Waals surface area contributed by atoms with Gasteiger partial charge in [0.25, 0.3) is 0 Å². The van der Waals surface area contributed by atoms with Crippen molar-refractivity contribution in [1.29, 1.82) is 0 Å². The van der Waals surface area contributed by atoms with Gasteiger partial charge in [0.2, 0.25) is 0 Å². The van der Waals surface area contributed by atoms with Crippen LogP contribution in [0, 0.1) is 0 Å². The van der Waals surface area contributed by atoms with Crippen molar-refractivity contribution in [3.05, 3.63) is 36.0 Å². The fourth-order valence-corrected chi connectivity index (χ4v) is 1.83. The fraction of sp³-hybridized carbons (Fsp3) is 0.333. The molecule has 0 atom stereocenters. The first-order valence-electron chi connectivity index (χ1n) is 5.06. The van der Waals surface area contributed by atoms with E-state index in [0.29, 0.717) is 5.56 Å². The third-order valence-corrected chi connectivity index (χ3v) is 2.62. The largest absolute Gasteiger partial charge is 0.352 e. The van der Waals surface area contributed by atoms with Crippen LogP contribution in [0.4, 0.5) is 5.82 Å². The van der Waals surface area contributed by atoms with Crippen LogP contribution in [-0.4, -0.2) is 23.9 Å². The molecule has 0 spiro atoms. The molecule has 1 aromatic rings. The van der Waals surface area contributed by atoms with Gasteiger partial charge < -0.3 is 4.90 Å². The standard InChI is InChI=1S/C12H14N2O/c1-9-5-7-14(8-9)12-11(10(2)15)4-3-6-13-12/h3-4,6H,1,5,7-8H2,2H3. The smallest absolute Gasteiger partial charge is 0.163 e. The van der Waals surface area contributed by atoms with Crippen LogP contribution >= 0.6 is 0 Å². The van der Waals surface area contributed by atoms with Gasteiger partial charge in [0.15, 0.2) is 5.78 Å². The van der Waals surface area contributed by atoms with Gasteiger partial charge in [-0.2, -0.15) is 0 Å². The SMILES string of the molecule is C=C1CCN(c2ncccc2C(C)=O)C1. The summed E-state index contributed by atoms with van der Waals surface area (Å²) in [4.78, 5) is 17.8. The summed E-state index contributed by atoms with van der Waals surface area (Å²) in [5.41, 5.74) is 1.90. The molecular formula is C12H14N2O. The van der Waals surface area contributed by atoms with Crippen LogP contribution in [0.2, 0.25) is 0 Å². The average Bonchev–Trinajstić information content (AvgIpc) is 2.65. The zero-order chi connectivity index (χ0) is 10.8. The molecule has 0 aliphatic carbocycles. The van der Waals surface area contributed by atoms with E-state index >= 15 is 0 Å². The number of hydrogen-bond acceptors (Lipinski definition) is 3. The molecule has 1 fully saturated rings. The summed E-state index contributed by atoms with van der Waals surface area (Å²) in [6.07, 6.45) is 2.72. The molecule has 1 aliphatic heterocycles. The first-order valence-corrected chi connectivity index (χ1v) is 5.06. The highest BCUT2D eigenvalue weighted by molar-refractivity contribution is 5.98. The molecule has 0 unspecified atom stereocenters. The highest BCUT2D eigenvalue weighted by atomic mass is 16.1. The molecule has 0 amide bonds. The van der Waals surface area contributed by atoms with Crippen molar-refractivity contribution in [2.24, 2.45) is 0 Å². The Balaban J connectivity index is 2.35. The summed E-state index contributed by atoms with van der Waals surface area (Å²) >= 11 is 0. The Labute approximate surface area is 89.4 Å². The highest BCUT2D eigenvalue weighted by Crippen LogP contribution is 2.23. The molecule has 1 aromatic heterocycles. The number of nitrogens with zero attached hydrogens (tertiary/aromatic N) is 2. The maximum Gasteiger partial charge on any atom is 0.163 e. The van der Waals surface area contributed by atoms with Crippen LogP contribution in [0.1, 0.15) is 23.7 Å². The van der Waals surface area contributed by atoms with E-state index in [0.717, 1.165) is 25.3 Å². The first-order chi connectivity index (χ1) is 7.18. The maximum absolute atomic E-state index is 11.4. The van der Waals surface area contributed by atoms with Crippen LogP contribution < -0.4 is 4.90 Å². The Bertz CT molecular complexity index is 412. The monoisotopic (exact) mass is 202 g/mol. The van der Waals surface area contributed by atoms with Gasteiger partial charge in [0.1, 0.15) is 5.82 Å². The molecule has 0 N–H and O–H groups in total. The van der Waals surface area contributed by atoms with Gasteiger partial charge in [0.05, 0.1) is 5.56 Å². The van der Waals surface area contributed by atoms with Gasteiger partial charge in [-0.25, -0.2) is 4.98 Å². The fourth-order valence-electron chi connectivity index (χ4n) is 1.83. The number of anilines is 1. The van der Waals surface area contributed by atoms with Crippen molar-refractivity contribution in [2.45, 2.75) is 13.3 Å². The third kappa shape index (κ3) is 1.91. The van der Waals surface area contributed by atoms with E-state index in [-0.39, 0.29) is 5.78 Å². The molecule has 2 rings (SSSR count). The van der Waals surface area contributed by atoms with E-state index in [1.807, 2.05) is 6.07 Å². The lowest BCUT2D eigenvalue weighted by atomic mass is 10.2. The molecule has 1 saturated heterocycles. The van der Waals surface area contributed by atoms with Crippen molar-refractivity contribution in [3.8, 4) is 0 Å². The summed E-state index contributed by atoms with van der Waals surface area (Å²) in [7, 11) is 0. The number of ketones is 1. The summed E-state index contributed by atoms with van der Waals surface area (Å²) in [6, 6.07) is 3.62. The lowest BCUT2D eigenvalue weighted by Crippen LogP contribution is -2.21. The summed E-state index contributed by atoms with van der Waals surface area (Å²) in [5, 5.41) is 0. The van der Waals surface area contributed by atoms with Crippen LogP contribution in [0.3, 0.4) is 0 Å². The molecule has 0 radical (unpaired) electrons. The van der Waals surface area contributed by atoms with Crippen molar-refractivity contribution in [2.75, 3.05) is 18.0 Å². The van der Waals surface area contributed by atoms with Gasteiger partial charge in [-0.15, -0.1) is 0 Å². The first kappa shape index (κ1) is 9.90. The molecule has 0 aromatic carbocycles. The summed E-state index contributed by atoms with van der Waals surface area (Å²) in [5.74, 6) is 0.860. The Kier molecular flexibility index (Phi) is 2.54. The molecule has 3 nitrogen and oxygen atoms in total. The Morgan fingerprint density at radius 2 is 2.40 bits per heavy atom. The number of rotatable bonds is 2. The Morgan fingerprint density at radius 1 is 1.60 bits per heavy atom. The third-order valence-electron chi connectivity index (χ3n) is 2.62. The lowest BCUT2D eigenvalue weighted by Gasteiger charge is -2.18. The van der Waals surface area contributed by atoms with Gasteiger partial charge >= 0.3 is 0 Å². The van der Waals surface area contributed by atoms with E-state index in [4.69, 9.17) is 0 Å². The summed E-state index contributed by atoms with van der Waals surface area (Å²) < 4.78 is 0. The van der Waals surface area contributed by atoms with Gasteiger partial charge in [-0.05, 0) is 25.5 Å². The van der Waals surface area contributed by atoms with Gasteiger partial charge in [0, 0.05) is 19.3 Å². The van der Waals surface area contributed by atoms with E-state index in [1.165, 1.54) is 5.57 Å². The van der Waals surface area contributed by atoms with Gasteiger partial charge in [-0.3, -0.25) is 4.79 Å². The maximum atomic E-state index is 11.4. The van der Waals surface area contributed by atoms with Crippen LogP contribution in [0.25, 0.3) is 0 Å². The Hall–Kier alpha value is -1.64. The summed E-state index contributed by atoms with van der Waals surface area (Å²) in [6.45, 7) is 7.25. The normalized spacial score (nSPS) is 15.8. The van der Waals surface area contributed by atoms with Gasteiger partial charge in [-0.1, -0.05) is 12.2 Å². The molecule has 2 heterocycles. The number of carbonyl (C=O) groups is 1. The number of pyridine rings is 1. The second-order valence-electron chi connectivity index (χ2n) is 3.85. The molecular weight excluding hydrogens is 188 g/mol. The number of carbonyl (C=O) groups excluding carboxylic acids is 1. The van der Waals surface area contributed by atoms with Crippen molar-refractivity contribution in [1.82, 2.24) is 4.98 Å². The predicted octanol–water partition coefficient (Wildman–Crippen LogP) is 2.05. The van der Waals surface area contributed by atoms with Crippen molar-refractivity contribution >= 4 is 11.6 Å². The predicted molar refractivity (Wildman–Crippen MR) is 60.2 cm³/mol. The minimum absolute atomic E-state index is 0.0654. The number of aromatic nitrogens is 1. The molecule has 15 heavy (non-hydrogen) atoms. The van der Waals surface area contributed by atoms with E-state index in [1.54, 1.807) is 19.2 Å². The van der Waals surface area contributed by atoms with Crippen LogP contribution in [-0.2, 0) is 0 Å². The van der Waals surface area contributed by atoms with Crippen molar-refractivity contribution < 1.29 is 4.79 Å².